The summed E-state index contributed by atoms with van der Waals surface area (Å²) in [5.74, 6) is 0. The van der Waals surface area contributed by atoms with E-state index in [1.54, 1.807) is 17.0 Å². The van der Waals surface area contributed by atoms with Gasteiger partial charge in [0.05, 0.1) is 29.7 Å². The summed E-state index contributed by atoms with van der Waals surface area (Å²) < 4.78 is 25.9. The molecule has 1 fully saturated rings. The van der Waals surface area contributed by atoms with Crippen molar-refractivity contribution in [1.29, 1.82) is 0 Å². The van der Waals surface area contributed by atoms with Gasteiger partial charge < -0.3 is 5.32 Å². The van der Waals surface area contributed by atoms with Gasteiger partial charge in [-0.25, -0.2) is 18.2 Å². The van der Waals surface area contributed by atoms with E-state index in [4.69, 9.17) is 0 Å². The van der Waals surface area contributed by atoms with E-state index in [2.05, 4.69) is 20.1 Å². The van der Waals surface area contributed by atoms with E-state index < -0.39 is 9.84 Å². The minimum Gasteiger partial charge on any atom is -0.331 e. The van der Waals surface area contributed by atoms with Crippen LogP contribution in [0.1, 0.15) is 75.2 Å². The van der Waals surface area contributed by atoms with Gasteiger partial charge in [0.15, 0.2) is 14.9 Å². The molecule has 0 spiro atoms. The molecule has 0 radical (unpaired) electrons. The minimum atomic E-state index is -3.41. The molecule has 1 N–H and O–H groups in total. The van der Waals surface area contributed by atoms with Crippen LogP contribution in [0.15, 0.2) is 29.6 Å². The van der Waals surface area contributed by atoms with Gasteiger partial charge in [-0.3, -0.25) is 9.58 Å². The number of hydrogen-bond acceptors (Lipinski definition) is 5. The van der Waals surface area contributed by atoms with Gasteiger partial charge in [0.2, 0.25) is 0 Å². The Hall–Kier alpha value is -2.42. The van der Waals surface area contributed by atoms with Crippen LogP contribution < -0.4 is 10.2 Å². The summed E-state index contributed by atoms with van der Waals surface area (Å²) in [7, 11) is -3.41. The molecule has 0 bridgehead atoms. The number of hydrogen-bond donors (Lipinski definition) is 1. The number of sulfone groups is 1. The number of fused-ring (bicyclic) bond motifs is 1. The number of urea groups is 1. The second-order valence-corrected chi connectivity index (χ2v) is 10.5. The van der Waals surface area contributed by atoms with Gasteiger partial charge in [0.25, 0.3) is 0 Å². The third-order valence-electron chi connectivity index (χ3n) is 6.38. The zero-order valence-corrected chi connectivity index (χ0v) is 19.1. The van der Waals surface area contributed by atoms with Crippen molar-refractivity contribution in [3.63, 3.8) is 0 Å². The molecule has 1 saturated carbocycles. The van der Waals surface area contributed by atoms with E-state index in [-0.39, 0.29) is 17.1 Å². The topological polar surface area (TPSA) is 97.2 Å². The Labute approximate surface area is 184 Å². The third kappa shape index (κ3) is 4.61. The zero-order valence-electron chi connectivity index (χ0n) is 18.2. The molecule has 2 aromatic heterocycles. The van der Waals surface area contributed by atoms with Crippen molar-refractivity contribution in [3.05, 3.63) is 35.8 Å². The molecule has 9 heteroatoms. The van der Waals surface area contributed by atoms with Crippen LogP contribution in [0.5, 0.6) is 0 Å². The number of rotatable bonds is 5. The maximum Gasteiger partial charge on any atom is 0.322 e. The predicted molar refractivity (Wildman–Crippen MR) is 119 cm³/mol. The molecule has 1 aliphatic heterocycles. The van der Waals surface area contributed by atoms with Gasteiger partial charge in [-0.05, 0) is 49.8 Å². The first-order chi connectivity index (χ1) is 14.9. The fraction of sp³-hybridized carbons (Fsp3) is 0.591. The highest BCUT2D eigenvalue weighted by atomic mass is 32.2. The first-order valence-electron chi connectivity index (χ1n) is 11.2. The van der Waals surface area contributed by atoms with Crippen LogP contribution in [0.2, 0.25) is 0 Å². The molecule has 3 heterocycles. The first kappa shape index (κ1) is 21.8. The van der Waals surface area contributed by atoms with Gasteiger partial charge in [-0.15, -0.1) is 0 Å². The molecule has 2 aromatic rings. The SMILES string of the molecule is CC[C@H](NC(=O)N1CCCc2c1cnn2C1CCCCC1)c1ccnc(S(C)(=O)=O)c1. The van der Waals surface area contributed by atoms with Crippen LogP contribution in [-0.4, -0.2) is 42.0 Å². The quantitative estimate of drug-likeness (QED) is 0.755. The number of amides is 2. The van der Waals surface area contributed by atoms with E-state index in [1.807, 2.05) is 13.1 Å². The molecule has 1 atom stereocenters. The lowest BCUT2D eigenvalue weighted by molar-refractivity contribution is 0.241. The smallest absolute Gasteiger partial charge is 0.322 e. The summed E-state index contributed by atoms with van der Waals surface area (Å²) in [5.41, 5.74) is 2.79. The average molecular weight is 446 g/mol. The molecule has 2 amide bonds. The Morgan fingerprint density at radius 2 is 2.03 bits per heavy atom. The largest absolute Gasteiger partial charge is 0.331 e. The predicted octanol–water partition coefficient (Wildman–Crippen LogP) is 3.80. The number of nitrogens with one attached hydrogen (secondary N) is 1. The standard InChI is InChI=1S/C22H31N5O3S/c1-3-18(16-11-12-23-21(14-16)31(2,29)30)25-22(28)26-13-7-10-19-20(26)15-24-27(19)17-8-5-4-6-9-17/h11-12,14-15,17-18H,3-10,13H2,1-2H3,(H,25,28)/t18-/m0/s1. The Morgan fingerprint density at radius 3 is 2.74 bits per heavy atom. The summed E-state index contributed by atoms with van der Waals surface area (Å²) in [4.78, 5) is 19.0. The van der Waals surface area contributed by atoms with Gasteiger partial charge in [0.1, 0.15) is 0 Å². The Bertz CT molecular complexity index is 1040. The maximum absolute atomic E-state index is 13.2. The Morgan fingerprint density at radius 1 is 1.26 bits per heavy atom. The van der Waals surface area contributed by atoms with Gasteiger partial charge in [-0.1, -0.05) is 26.2 Å². The van der Waals surface area contributed by atoms with Crippen molar-refractivity contribution in [2.75, 3.05) is 17.7 Å². The molecule has 0 saturated heterocycles. The van der Waals surface area contributed by atoms with Crippen LogP contribution >= 0.6 is 0 Å². The number of nitrogens with zero attached hydrogens (tertiary/aromatic N) is 4. The average Bonchev–Trinajstić information content (AvgIpc) is 3.21. The minimum absolute atomic E-state index is 0.0201. The fourth-order valence-electron chi connectivity index (χ4n) is 4.72. The lowest BCUT2D eigenvalue weighted by Gasteiger charge is -2.31. The van der Waals surface area contributed by atoms with Crippen molar-refractivity contribution in [1.82, 2.24) is 20.1 Å². The molecule has 0 unspecified atom stereocenters. The van der Waals surface area contributed by atoms with E-state index in [1.165, 1.54) is 25.5 Å². The monoisotopic (exact) mass is 445 g/mol. The Balaban J connectivity index is 1.53. The summed E-state index contributed by atoms with van der Waals surface area (Å²) in [6.45, 7) is 2.62. The molecule has 4 rings (SSSR count). The van der Waals surface area contributed by atoms with Crippen molar-refractivity contribution in [2.45, 2.75) is 75.4 Å². The number of carbonyl (C=O) groups is 1. The van der Waals surface area contributed by atoms with Crippen molar-refractivity contribution < 1.29 is 13.2 Å². The van der Waals surface area contributed by atoms with Gasteiger partial charge in [-0.2, -0.15) is 5.10 Å². The van der Waals surface area contributed by atoms with Crippen LogP contribution in [0.4, 0.5) is 10.5 Å². The van der Waals surface area contributed by atoms with Gasteiger partial charge >= 0.3 is 6.03 Å². The van der Waals surface area contributed by atoms with E-state index in [0.717, 1.165) is 48.9 Å². The number of anilines is 1. The van der Waals surface area contributed by atoms with E-state index in [9.17, 15) is 13.2 Å². The second-order valence-electron chi connectivity index (χ2n) is 8.58. The van der Waals surface area contributed by atoms with Crippen molar-refractivity contribution in [2.24, 2.45) is 0 Å². The normalized spacial score (nSPS) is 18.5. The summed E-state index contributed by atoms with van der Waals surface area (Å²) >= 11 is 0. The van der Waals surface area contributed by atoms with Crippen LogP contribution in [0.25, 0.3) is 0 Å². The molecule has 0 aromatic carbocycles. The molecule has 1 aliphatic carbocycles. The highest BCUT2D eigenvalue weighted by molar-refractivity contribution is 7.90. The van der Waals surface area contributed by atoms with Crippen molar-refractivity contribution in [3.8, 4) is 0 Å². The fourth-order valence-corrected chi connectivity index (χ4v) is 5.32. The van der Waals surface area contributed by atoms with Crippen LogP contribution in [0, 0.1) is 0 Å². The van der Waals surface area contributed by atoms with Crippen LogP contribution in [0.3, 0.4) is 0 Å². The zero-order chi connectivity index (χ0) is 22.0. The Kier molecular flexibility index (Phi) is 6.31. The van der Waals surface area contributed by atoms with Crippen molar-refractivity contribution >= 4 is 21.6 Å². The first-order valence-corrected chi connectivity index (χ1v) is 13.1. The lowest BCUT2D eigenvalue weighted by atomic mass is 9.95. The summed E-state index contributed by atoms with van der Waals surface area (Å²) in [6.07, 6.45) is 13.0. The summed E-state index contributed by atoms with van der Waals surface area (Å²) in [5, 5.41) is 7.78. The highest BCUT2D eigenvalue weighted by Gasteiger charge is 2.30. The maximum atomic E-state index is 13.2. The molecule has 8 nitrogen and oxygen atoms in total. The summed E-state index contributed by atoms with van der Waals surface area (Å²) in [6, 6.07) is 3.27. The molecule has 2 aliphatic rings. The van der Waals surface area contributed by atoms with E-state index >= 15 is 0 Å². The molecular weight excluding hydrogens is 414 g/mol. The number of pyridine rings is 1. The highest BCUT2D eigenvalue weighted by Crippen LogP contribution is 2.34. The molecule has 31 heavy (non-hydrogen) atoms. The lowest BCUT2D eigenvalue weighted by Crippen LogP contribution is -2.44. The second kappa shape index (κ2) is 8.98. The molecule has 168 valence electrons. The van der Waals surface area contributed by atoms with Crippen LogP contribution in [-0.2, 0) is 16.3 Å². The number of aromatic nitrogens is 3. The third-order valence-corrected chi connectivity index (χ3v) is 7.36. The van der Waals surface area contributed by atoms with E-state index in [0.29, 0.717) is 19.0 Å². The number of carbonyl (C=O) groups excluding carboxylic acids is 1. The molecular formula is C22H31N5O3S. The van der Waals surface area contributed by atoms with Gasteiger partial charge in [0, 0.05) is 19.0 Å².